The minimum atomic E-state index is -1.54. The number of fused-ring (bicyclic) bond motifs is 1. The number of likely N-dealkylation sites (N-methyl/N-ethyl adjacent to an activating group) is 1. The molecule has 1 aliphatic rings. The zero-order chi connectivity index (χ0) is 11.7. The van der Waals surface area contributed by atoms with E-state index in [4.69, 9.17) is 9.84 Å². The van der Waals surface area contributed by atoms with E-state index in [0.717, 1.165) is 12.2 Å². The molecule has 0 amide bonds. The fourth-order valence-corrected chi connectivity index (χ4v) is 1.75. The van der Waals surface area contributed by atoms with Crippen LogP contribution in [-0.2, 0) is 4.79 Å². The van der Waals surface area contributed by atoms with Gasteiger partial charge in [0.2, 0.25) is 0 Å². The van der Waals surface area contributed by atoms with Crippen molar-refractivity contribution in [3.8, 4) is 5.75 Å². The number of carboxylic acid groups (broad SMARTS) is 1. The highest BCUT2D eigenvalue weighted by Crippen LogP contribution is 2.37. The Morgan fingerprint density at radius 1 is 1.56 bits per heavy atom. The molecule has 2 rings (SSSR count). The maximum Gasteiger partial charge on any atom is 0.337 e. The second-order valence-corrected chi connectivity index (χ2v) is 3.71. The molecule has 1 aliphatic heterocycles. The standard InChI is InChI=1S/C11H13NO4/c1-12-5-6-16-10-7(9(13)11(14)15)3-2-4-8(10)12/h2-4,9,13H,5-6H2,1H3,(H,14,15). The van der Waals surface area contributed by atoms with Crippen LogP contribution < -0.4 is 9.64 Å². The molecule has 1 unspecified atom stereocenters. The number of aliphatic carboxylic acids is 1. The van der Waals surface area contributed by atoms with Gasteiger partial charge in [-0.1, -0.05) is 12.1 Å². The molecule has 0 radical (unpaired) electrons. The van der Waals surface area contributed by atoms with Gasteiger partial charge < -0.3 is 19.8 Å². The van der Waals surface area contributed by atoms with Crippen LogP contribution in [0.5, 0.6) is 5.75 Å². The Morgan fingerprint density at radius 3 is 3.00 bits per heavy atom. The molecule has 5 nitrogen and oxygen atoms in total. The Bertz CT molecular complexity index is 418. The van der Waals surface area contributed by atoms with E-state index in [9.17, 15) is 9.90 Å². The first kappa shape index (κ1) is 10.8. The first-order valence-electron chi connectivity index (χ1n) is 4.99. The van der Waals surface area contributed by atoms with Crippen molar-refractivity contribution in [3.05, 3.63) is 23.8 Å². The lowest BCUT2D eigenvalue weighted by atomic mass is 10.1. The van der Waals surface area contributed by atoms with E-state index in [2.05, 4.69) is 0 Å². The summed E-state index contributed by atoms with van der Waals surface area (Å²) < 4.78 is 5.43. The predicted octanol–water partition coefficient (Wildman–Crippen LogP) is 0.633. The van der Waals surface area contributed by atoms with E-state index in [1.807, 2.05) is 18.0 Å². The van der Waals surface area contributed by atoms with E-state index in [0.29, 0.717) is 17.9 Å². The van der Waals surface area contributed by atoms with Crippen molar-refractivity contribution < 1.29 is 19.7 Å². The van der Waals surface area contributed by atoms with Crippen LogP contribution in [0.25, 0.3) is 0 Å². The van der Waals surface area contributed by atoms with Gasteiger partial charge in [0.15, 0.2) is 6.10 Å². The van der Waals surface area contributed by atoms with Crippen LogP contribution in [0.15, 0.2) is 18.2 Å². The Balaban J connectivity index is 2.47. The zero-order valence-corrected chi connectivity index (χ0v) is 8.88. The van der Waals surface area contributed by atoms with Gasteiger partial charge in [-0.05, 0) is 6.07 Å². The van der Waals surface area contributed by atoms with E-state index in [-0.39, 0.29) is 0 Å². The van der Waals surface area contributed by atoms with E-state index < -0.39 is 12.1 Å². The Labute approximate surface area is 92.9 Å². The second-order valence-electron chi connectivity index (χ2n) is 3.71. The molecule has 0 fully saturated rings. The number of ether oxygens (including phenoxy) is 1. The third-order valence-electron chi connectivity index (χ3n) is 2.64. The minimum absolute atomic E-state index is 0.302. The summed E-state index contributed by atoms with van der Waals surface area (Å²) in [7, 11) is 1.90. The summed E-state index contributed by atoms with van der Waals surface area (Å²) in [6.07, 6.45) is -1.54. The normalized spacial score (nSPS) is 16.2. The lowest BCUT2D eigenvalue weighted by Gasteiger charge is -2.29. The average Bonchev–Trinajstić information content (AvgIpc) is 2.28. The summed E-state index contributed by atoms with van der Waals surface area (Å²) in [5, 5.41) is 18.3. The number of aliphatic hydroxyl groups excluding tert-OH is 1. The zero-order valence-electron chi connectivity index (χ0n) is 8.88. The number of para-hydroxylation sites is 1. The number of rotatable bonds is 2. The predicted molar refractivity (Wildman–Crippen MR) is 57.8 cm³/mol. The van der Waals surface area contributed by atoms with Crippen LogP contribution in [0.2, 0.25) is 0 Å². The van der Waals surface area contributed by atoms with Gasteiger partial charge >= 0.3 is 5.97 Å². The molecule has 0 spiro atoms. The van der Waals surface area contributed by atoms with Crippen molar-refractivity contribution in [1.29, 1.82) is 0 Å². The van der Waals surface area contributed by atoms with Gasteiger partial charge in [-0.3, -0.25) is 0 Å². The molecule has 0 saturated heterocycles. The molecule has 1 atom stereocenters. The highest BCUT2D eigenvalue weighted by Gasteiger charge is 2.25. The molecule has 1 aromatic rings. The molecule has 1 aromatic carbocycles. The quantitative estimate of drug-likeness (QED) is 0.769. The van der Waals surface area contributed by atoms with Gasteiger partial charge in [0.1, 0.15) is 12.4 Å². The third kappa shape index (κ3) is 1.69. The number of nitrogens with zero attached hydrogens (tertiary/aromatic N) is 1. The summed E-state index contributed by atoms with van der Waals surface area (Å²) >= 11 is 0. The SMILES string of the molecule is CN1CCOc2c(C(O)C(=O)O)cccc21. The number of hydrogen-bond donors (Lipinski definition) is 2. The van der Waals surface area contributed by atoms with Crippen molar-refractivity contribution in [1.82, 2.24) is 0 Å². The molecule has 16 heavy (non-hydrogen) atoms. The summed E-state index contributed by atoms with van der Waals surface area (Å²) in [5.74, 6) is -0.809. The number of anilines is 1. The molecule has 1 heterocycles. The lowest BCUT2D eigenvalue weighted by Crippen LogP contribution is -2.30. The molecule has 0 aliphatic carbocycles. The Kier molecular flexibility index (Phi) is 2.70. The van der Waals surface area contributed by atoms with E-state index in [1.54, 1.807) is 12.1 Å². The maximum atomic E-state index is 10.7. The van der Waals surface area contributed by atoms with Gasteiger partial charge in [-0.25, -0.2) is 4.79 Å². The van der Waals surface area contributed by atoms with Crippen LogP contribution in [0.4, 0.5) is 5.69 Å². The number of carbonyl (C=O) groups is 1. The molecular weight excluding hydrogens is 210 g/mol. The molecular formula is C11H13NO4. The fourth-order valence-electron chi connectivity index (χ4n) is 1.75. The third-order valence-corrected chi connectivity index (χ3v) is 2.64. The number of hydrogen-bond acceptors (Lipinski definition) is 4. The summed E-state index contributed by atoms with van der Waals surface area (Å²) in [5.41, 5.74) is 1.11. The Morgan fingerprint density at radius 2 is 2.31 bits per heavy atom. The number of carboxylic acids is 1. The topological polar surface area (TPSA) is 70.0 Å². The first-order valence-corrected chi connectivity index (χ1v) is 4.99. The van der Waals surface area contributed by atoms with Crippen LogP contribution in [0, 0.1) is 0 Å². The highest BCUT2D eigenvalue weighted by atomic mass is 16.5. The molecule has 86 valence electrons. The van der Waals surface area contributed by atoms with Crippen molar-refractivity contribution >= 4 is 11.7 Å². The van der Waals surface area contributed by atoms with Gasteiger partial charge in [-0.2, -0.15) is 0 Å². The smallest absolute Gasteiger partial charge is 0.337 e. The molecule has 0 saturated carbocycles. The van der Waals surface area contributed by atoms with Crippen LogP contribution >= 0.6 is 0 Å². The van der Waals surface area contributed by atoms with Crippen molar-refractivity contribution in [2.45, 2.75) is 6.10 Å². The van der Waals surface area contributed by atoms with Crippen LogP contribution in [0.1, 0.15) is 11.7 Å². The van der Waals surface area contributed by atoms with E-state index >= 15 is 0 Å². The van der Waals surface area contributed by atoms with Crippen molar-refractivity contribution in [2.24, 2.45) is 0 Å². The summed E-state index contributed by atoms with van der Waals surface area (Å²) in [6, 6.07) is 5.12. The molecule has 0 aromatic heterocycles. The molecule has 5 heteroatoms. The molecule has 0 bridgehead atoms. The average molecular weight is 223 g/mol. The number of aliphatic hydroxyl groups is 1. The van der Waals surface area contributed by atoms with Gasteiger partial charge in [0.05, 0.1) is 12.2 Å². The van der Waals surface area contributed by atoms with Crippen molar-refractivity contribution in [2.75, 3.05) is 25.1 Å². The van der Waals surface area contributed by atoms with Crippen LogP contribution in [0.3, 0.4) is 0 Å². The first-order chi connectivity index (χ1) is 7.61. The number of benzene rings is 1. The van der Waals surface area contributed by atoms with Gasteiger partial charge in [-0.15, -0.1) is 0 Å². The largest absolute Gasteiger partial charge is 0.489 e. The second kappa shape index (κ2) is 4.02. The highest BCUT2D eigenvalue weighted by molar-refractivity contribution is 5.77. The molecule has 2 N–H and O–H groups in total. The van der Waals surface area contributed by atoms with Crippen molar-refractivity contribution in [3.63, 3.8) is 0 Å². The monoisotopic (exact) mass is 223 g/mol. The van der Waals surface area contributed by atoms with Gasteiger partial charge in [0, 0.05) is 12.6 Å². The Hall–Kier alpha value is -1.75. The van der Waals surface area contributed by atoms with E-state index in [1.165, 1.54) is 0 Å². The lowest BCUT2D eigenvalue weighted by molar-refractivity contribution is -0.147. The summed E-state index contributed by atoms with van der Waals surface area (Å²) in [6.45, 7) is 1.24. The van der Waals surface area contributed by atoms with Gasteiger partial charge in [0.25, 0.3) is 0 Å². The summed E-state index contributed by atoms with van der Waals surface area (Å²) in [4.78, 5) is 12.7. The van der Waals surface area contributed by atoms with Crippen LogP contribution in [-0.4, -0.2) is 36.4 Å². The minimum Gasteiger partial charge on any atom is -0.489 e. The maximum absolute atomic E-state index is 10.7. The fraction of sp³-hybridized carbons (Fsp3) is 0.364.